The van der Waals surface area contributed by atoms with Crippen molar-refractivity contribution >= 4 is 11.9 Å². The second kappa shape index (κ2) is 7.41. The molecule has 0 atom stereocenters. The van der Waals surface area contributed by atoms with E-state index >= 15 is 0 Å². The van der Waals surface area contributed by atoms with Crippen LogP contribution >= 0.6 is 0 Å². The first-order chi connectivity index (χ1) is 12.0. The number of benzene rings is 1. The lowest BCUT2D eigenvalue weighted by Crippen LogP contribution is -2.27. The minimum atomic E-state index is -0.583. The van der Waals surface area contributed by atoms with Crippen molar-refractivity contribution in [2.24, 2.45) is 5.73 Å². The first-order valence-electron chi connectivity index (χ1n) is 8.66. The highest BCUT2D eigenvalue weighted by Gasteiger charge is 2.18. The van der Waals surface area contributed by atoms with Gasteiger partial charge in [0.1, 0.15) is 5.60 Å². The zero-order valence-electron chi connectivity index (χ0n) is 16.4. The largest absolute Gasteiger partial charge is 0.444 e. The monoisotopic (exact) mass is 356 g/mol. The molecule has 2 rings (SSSR count). The van der Waals surface area contributed by atoms with Crippen molar-refractivity contribution in [3.05, 3.63) is 41.7 Å². The number of carbonyl (C=O) groups excluding carboxylic acids is 1. The summed E-state index contributed by atoms with van der Waals surface area (Å²) in [6, 6.07) is 8.15. The third-order valence-corrected chi connectivity index (χ3v) is 3.70. The summed E-state index contributed by atoms with van der Waals surface area (Å²) in [5, 5.41) is 2.62. The number of amides is 1. The molecule has 0 saturated carbocycles. The minimum absolute atomic E-state index is 0.0705. The zero-order chi connectivity index (χ0) is 19.5. The summed E-state index contributed by atoms with van der Waals surface area (Å²) in [5.41, 5.74) is 8.75. The predicted octanol–water partition coefficient (Wildman–Crippen LogP) is 4.25. The van der Waals surface area contributed by atoms with Gasteiger partial charge in [0.2, 0.25) is 0 Å². The third kappa shape index (κ3) is 5.26. The molecule has 0 fully saturated rings. The van der Waals surface area contributed by atoms with E-state index in [-0.39, 0.29) is 12.0 Å². The molecule has 6 nitrogen and oxygen atoms in total. The maximum Gasteiger partial charge on any atom is 0.413 e. The van der Waals surface area contributed by atoms with Gasteiger partial charge in [-0.25, -0.2) is 9.78 Å². The lowest BCUT2D eigenvalue weighted by Gasteiger charge is -2.20. The van der Waals surface area contributed by atoms with Crippen molar-refractivity contribution in [1.82, 2.24) is 9.97 Å². The Balaban J connectivity index is 2.31. The standard InChI is InChI=1S/C20H28N4O2/c1-19(2,3)14-9-7-13(8-10-14)17-15(11-21)22-12-16(23-17)24-18(25)26-20(4,5)6/h7-10,12H,11,21H2,1-6H3,(H,23,24,25). The van der Waals surface area contributed by atoms with Gasteiger partial charge in [-0.1, -0.05) is 45.0 Å². The van der Waals surface area contributed by atoms with E-state index in [1.165, 1.54) is 11.8 Å². The fourth-order valence-electron chi connectivity index (χ4n) is 2.39. The summed E-state index contributed by atoms with van der Waals surface area (Å²) in [6.45, 7) is 12.2. The molecule has 0 aliphatic carbocycles. The van der Waals surface area contributed by atoms with Crippen molar-refractivity contribution in [2.45, 2.75) is 59.1 Å². The van der Waals surface area contributed by atoms with Crippen LogP contribution in [0.1, 0.15) is 52.8 Å². The summed E-state index contributed by atoms with van der Waals surface area (Å²) in [6.07, 6.45) is 0.917. The topological polar surface area (TPSA) is 90.1 Å². The summed E-state index contributed by atoms with van der Waals surface area (Å²) >= 11 is 0. The number of hydrogen-bond donors (Lipinski definition) is 2. The number of nitrogens with two attached hydrogens (primary N) is 1. The van der Waals surface area contributed by atoms with E-state index < -0.39 is 11.7 Å². The number of anilines is 1. The van der Waals surface area contributed by atoms with Gasteiger partial charge in [0.15, 0.2) is 5.82 Å². The van der Waals surface area contributed by atoms with Gasteiger partial charge in [0.05, 0.1) is 17.6 Å². The molecule has 0 bridgehead atoms. The van der Waals surface area contributed by atoms with Crippen LogP contribution in [-0.2, 0) is 16.7 Å². The van der Waals surface area contributed by atoms with Crippen molar-refractivity contribution in [2.75, 3.05) is 5.32 Å². The van der Waals surface area contributed by atoms with Crippen molar-refractivity contribution in [3.8, 4) is 11.3 Å². The molecule has 2 aromatic rings. The molecule has 1 amide bonds. The van der Waals surface area contributed by atoms with E-state index in [2.05, 4.69) is 48.2 Å². The molecule has 6 heteroatoms. The Kier molecular flexibility index (Phi) is 5.66. The van der Waals surface area contributed by atoms with Crippen LogP contribution in [0.15, 0.2) is 30.5 Å². The first-order valence-corrected chi connectivity index (χ1v) is 8.66. The molecule has 1 heterocycles. The van der Waals surface area contributed by atoms with Crippen LogP contribution < -0.4 is 11.1 Å². The normalized spacial score (nSPS) is 12.0. The molecule has 140 valence electrons. The SMILES string of the molecule is CC(C)(C)OC(=O)Nc1cnc(CN)c(-c2ccc(C(C)(C)C)cc2)n1. The van der Waals surface area contributed by atoms with Crippen molar-refractivity contribution in [1.29, 1.82) is 0 Å². The van der Waals surface area contributed by atoms with Crippen molar-refractivity contribution in [3.63, 3.8) is 0 Å². The van der Waals surface area contributed by atoms with Crippen molar-refractivity contribution < 1.29 is 9.53 Å². The Morgan fingerprint density at radius 1 is 1.12 bits per heavy atom. The third-order valence-electron chi connectivity index (χ3n) is 3.70. The molecule has 26 heavy (non-hydrogen) atoms. The van der Waals surface area contributed by atoms with E-state index in [0.29, 0.717) is 17.2 Å². The van der Waals surface area contributed by atoms with Crippen LogP contribution in [-0.4, -0.2) is 21.7 Å². The Labute approximate surface area is 155 Å². The molecule has 0 spiro atoms. The molecule has 1 aromatic heterocycles. The van der Waals surface area contributed by atoms with Gasteiger partial charge >= 0.3 is 6.09 Å². The van der Waals surface area contributed by atoms with Gasteiger partial charge < -0.3 is 10.5 Å². The summed E-state index contributed by atoms with van der Waals surface area (Å²) in [7, 11) is 0. The highest BCUT2D eigenvalue weighted by Crippen LogP contribution is 2.27. The summed E-state index contributed by atoms with van der Waals surface area (Å²) in [5.74, 6) is 0.325. The molecule has 0 aliphatic heterocycles. The maximum absolute atomic E-state index is 12.0. The van der Waals surface area contributed by atoms with Crippen LogP contribution in [0.3, 0.4) is 0 Å². The number of nitrogens with one attached hydrogen (secondary N) is 1. The van der Waals surface area contributed by atoms with Crippen LogP contribution in [0.2, 0.25) is 0 Å². The van der Waals surface area contributed by atoms with E-state index in [4.69, 9.17) is 10.5 Å². The molecule has 1 aromatic carbocycles. The molecule has 0 aliphatic rings. The predicted molar refractivity (Wildman–Crippen MR) is 104 cm³/mol. The highest BCUT2D eigenvalue weighted by atomic mass is 16.6. The number of ether oxygens (including phenoxy) is 1. The van der Waals surface area contributed by atoms with Gasteiger partial charge in [-0.3, -0.25) is 10.3 Å². The summed E-state index contributed by atoms with van der Waals surface area (Å²) < 4.78 is 5.25. The van der Waals surface area contributed by atoms with Gasteiger partial charge in [-0.05, 0) is 31.7 Å². The second-order valence-electron chi connectivity index (χ2n) is 8.21. The smallest absolute Gasteiger partial charge is 0.413 e. The minimum Gasteiger partial charge on any atom is -0.444 e. The number of hydrogen-bond acceptors (Lipinski definition) is 5. The molecule has 0 radical (unpaired) electrons. The zero-order valence-corrected chi connectivity index (χ0v) is 16.4. The Hall–Kier alpha value is -2.47. The average Bonchev–Trinajstić information content (AvgIpc) is 2.52. The molecule has 0 unspecified atom stereocenters. The van der Waals surface area contributed by atoms with Gasteiger partial charge in [-0.2, -0.15) is 0 Å². The van der Waals surface area contributed by atoms with E-state index in [1.54, 1.807) is 20.8 Å². The van der Waals surface area contributed by atoms with E-state index in [0.717, 1.165) is 5.56 Å². The Morgan fingerprint density at radius 2 is 1.73 bits per heavy atom. The first kappa shape index (κ1) is 19.8. The second-order valence-corrected chi connectivity index (χ2v) is 8.21. The lowest BCUT2D eigenvalue weighted by molar-refractivity contribution is 0.0635. The van der Waals surface area contributed by atoms with Crippen LogP contribution in [0.4, 0.5) is 10.6 Å². The molecular formula is C20H28N4O2. The highest BCUT2D eigenvalue weighted by molar-refractivity contribution is 5.84. The lowest BCUT2D eigenvalue weighted by atomic mass is 9.86. The maximum atomic E-state index is 12.0. The Bertz CT molecular complexity index is 772. The number of rotatable bonds is 3. The number of aromatic nitrogens is 2. The quantitative estimate of drug-likeness (QED) is 0.858. The van der Waals surface area contributed by atoms with E-state index in [9.17, 15) is 4.79 Å². The number of nitrogens with zero attached hydrogens (tertiary/aromatic N) is 2. The molecular weight excluding hydrogens is 328 g/mol. The Morgan fingerprint density at radius 3 is 2.23 bits per heavy atom. The van der Waals surface area contributed by atoms with Crippen LogP contribution in [0.5, 0.6) is 0 Å². The summed E-state index contributed by atoms with van der Waals surface area (Å²) in [4.78, 5) is 20.8. The fourth-order valence-corrected chi connectivity index (χ4v) is 2.39. The van der Waals surface area contributed by atoms with Gasteiger partial charge in [0.25, 0.3) is 0 Å². The average molecular weight is 356 g/mol. The fraction of sp³-hybridized carbons (Fsp3) is 0.450. The molecule has 3 N–H and O–H groups in total. The van der Waals surface area contributed by atoms with Crippen LogP contribution in [0.25, 0.3) is 11.3 Å². The van der Waals surface area contributed by atoms with E-state index in [1.807, 2.05) is 12.1 Å². The molecule has 0 saturated heterocycles. The van der Waals surface area contributed by atoms with Crippen LogP contribution in [0, 0.1) is 0 Å². The van der Waals surface area contributed by atoms with Gasteiger partial charge in [0, 0.05) is 12.1 Å². The van der Waals surface area contributed by atoms with Gasteiger partial charge in [-0.15, -0.1) is 0 Å². The number of carbonyl (C=O) groups is 1.